The average Bonchev–Trinajstić information content (AvgIpc) is 2.48. The molecule has 2 unspecified atom stereocenters. The van der Waals surface area contributed by atoms with E-state index in [4.69, 9.17) is 11.6 Å². The van der Waals surface area contributed by atoms with Crippen LogP contribution < -0.4 is 10.6 Å². The molecule has 114 valence electrons. The molecule has 1 aromatic carbocycles. The summed E-state index contributed by atoms with van der Waals surface area (Å²) in [5.41, 5.74) is 0.373. The summed E-state index contributed by atoms with van der Waals surface area (Å²) in [5, 5.41) is 15.4. The Hall–Kier alpha value is -1.59. The van der Waals surface area contributed by atoms with Gasteiger partial charge in [0.25, 0.3) is 0 Å². The van der Waals surface area contributed by atoms with Gasteiger partial charge in [-0.3, -0.25) is 0 Å². The predicted molar refractivity (Wildman–Crippen MR) is 79.7 cm³/mol. The summed E-state index contributed by atoms with van der Waals surface area (Å²) in [4.78, 5) is 11.7. The highest BCUT2D eigenvalue weighted by Crippen LogP contribution is 2.19. The lowest BCUT2D eigenvalue weighted by Crippen LogP contribution is -2.43. The van der Waals surface area contributed by atoms with E-state index in [0.29, 0.717) is 5.56 Å². The molecule has 2 amide bonds. The van der Waals surface area contributed by atoms with Crippen molar-refractivity contribution in [3.63, 3.8) is 0 Å². The lowest BCUT2D eigenvalue weighted by Gasteiger charge is -2.20. The normalized spacial score (nSPS) is 19.1. The third kappa shape index (κ3) is 4.72. The summed E-state index contributed by atoms with van der Waals surface area (Å²) >= 11 is 5.58. The van der Waals surface area contributed by atoms with E-state index in [9.17, 15) is 14.3 Å². The van der Waals surface area contributed by atoms with Crippen LogP contribution in [0.4, 0.5) is 9.18 Å². The Balaban J connectivity index is 1.79. The number of aliphatic hydroxyl groups excluding tert-OH is 1. The maximum Gasteiger partial charge on any atom is 0.315 e. The molecule has 0 radical (unpaired) electrons. The van der Waals surface area contributed by atoms with Crippen LogP contribution in [0.15, 0.2) is 30.4 Å². The van der Waals surface area contributed by atoms with Crippen LogP contribution in [0.5, 0.6) is 0 Å². The Morgan fingerprint density at radius 1 is 1.48 bits per heavy atom. The van der Waals surface area contributed by atoms with Crippen LogP contribution in [0.2, 0.25) is 5.02 Å². The summed E-state index contributed by atoms with van der Waals surface area (Å²) in [6, 6.07) is 3.87. The van der Waals surface area contributed by atoms with E-state index in [2.05, 4.69) is 16.7 Å². The molecule has 1 aliphatic rings. The van der Waals surface area contributed by atoms with Gasteiger partial charge in [-0.1, -0.05) is 29.8 Å². The number of hydrogen-bond acceptors (Lipinski definition) is 2. The predicted octanol–water partition coefficient (Wildman–Crippen LogP) is 2.92. The van der Waals surface area contributed by atoms with Gasteiger partial charge in [-0.15, -0.1) is 0 Å². The number of hydrogen-bond donors (Lipinski definition) is 3. The highest BCUT2D eigenvalue weighted by Gasteiger charge is 2.15. The van der Waals surface area contributed by atoms with Crippen molar-refractivity contribution in [2.45, 2.75) is 31.4 Å². The van der Waals surface area contributed by atoms with Crippen LogP contribution in [0, 0.1) is 5.82 Å². The number of urea groups is 1. The summed E-state index contributed by atoms with van der Waals surface area (Å²) in [6.07, 6.45) is 5.84. The molecule has 0 fully saturated rings. The molecule has 21 heavy (non-hydrogen) atoms. The van der Waals surface area contributed by atoms with Crippen molar-refractivity contribution in [1.82, 2.24) is 10.6 Å². The quantitative estimate of drug-likeness (QED) is 0.749. The molecule has 0 aliphatic heterocycles. The van der Waals surface area contributed by atoms with E-state index in [-0.39, 0.29) is 23.6 Å². The van der Waals surface area contributed by atoms with Gasteiger partial charge in [-0.05, 0) is 37.0 Å². The Morgan fingerprint density at radius 3 is 2.95 bits per heavy atom. The third-order valence-electron chi connectivity index (χ3n) is 3.39. The smallest absolute Gasteiger partial charge is 0.315 e. The molecule has 0 saturated carbocycles. The summed E-state index contributed by atoms with van der Waals surface area (Å²) in [5.74, 6) is -0.591. The SMILES string of the molecule is O=C(NCC(O)c1ccc(Cl)c(F)c1)NC1CC=CCC1. The van der Waals surface area contributed by atoms with Crippen molar-refractivity contribution < 1.29 is 14.3 Å². The number of halogens is 2. The average molecular weight is 313 g/mol. The molecular weight excluding hydrogens is 295 g/mol. The van der Waals surface area contributed by atoms with Gasteiger partial charge in [-0.25, -0.2) is 9.18 Å². The highest BCUT2D eigenvalue weighted by atomic mass is 35.5. The minimum atomic E-state index is -0.978. The van der Waals surface area contributed by atoms with Crippen molar-refractivity contribution in [3.05, 3.63) is 46.8 Å². The van der Waals surface area contributed by atoms with Crippen LogP contribution in [0.1, 0.15) is 30.9 Å². The molecule has 3 N–H and O–H groups in total. The van der Waals surface area contributed by atoms with Gasteiger partial charge in [0.1, 0.15) is 5.82 Å². The first-order valence-corrected chi connectivity index (χ1v) is 7.26. The van der Waals surface area contributed by atoms with Crippen LogP contribution in [-0.2, 0) is 0 Å². The van der Waals surface area contributed by atoms with Crippen LogP contribution in [-0.4, -0.2) is 23.7 Å². The van der Waals surface area contributed by atoms with Crippen LogP contribution in [0.25, 0.3) is 0 Å². The first-order valence-electron chi connectivity index (χ1n) is 6.88. The number of carbonyl (C=O) groups excluding carboxylic acids is 1. The minimum absolute atomic E-state index is 0.00186. The number of rotatable bonds is 4. The van der Waals surface area contributed by atoms with E-state index in [1.165, 1.54) is 18.2 Å². The number of nitrogens with one attached hydrogen (secondary N) is 2. The lowest BCUT2D eigenvalue weighted by atomic mass is 10.0. The number of allylic oxidation sites excluding steroid dienone is 1. The maximum atomic E-state index is 13.3. The van der Waals surface area contributed by atoms with Gasteiger partial charge in [0.2, 0.25) is 0 Å². The first-order chi connectivity index (χ1) is 10.1. The number of benzene rings is 1. The van der Waals surface area contributed by atoms with Crippen molar-refractivity contribution in [2.24, 2.45) is 0 Å². The van der Waals surface area contributed by atoms with Gasteiger partial charge in [0.05, 0.1) is 11.1 Å². The molecule has 0 spiro atoms. The highest BCUT2D eigenvalue weighted by molar-refractivity contribution is 6.30. The van der Waals surface area contributed by atoms with Crippen molar-refractivity contribution in [2.75, 3.05) is 6.54 Å². The fourth-order valence-electron chi connectivity index (χ4n) is 2.19. The first kappa shape index (κ1) is 15.8. The molecular formula is C15H18ClFN2O2. The van der Waals surface area contributed by atoms with E-state index in [1.807, 2.05) is 6.08 Å². The van der Waals surface area contributed by atoms with E-state index in [1.54, 1.807) is 0 Å². The van der Waals surface area contributed by atoms with Crippen molar-refractivity contribution in [3.8, 4) is 0 Å². The number of aliphatic hydroxyl groups is 1. The Kier molecular flexibility index (Phi) is 5.59. The molecule has 6 heteroatoms. The minimum Gasteiger partial charge on any atom is -0.387 e. The second kappa shape index (κ2) is 7.43. The zero-order valence-electron chi connectivity index (χ0n) is 11.5. The molecule has 0 saturated heterocycles. The Morgan fingerprint density at radius 2 is 2.29 bits per heavy atom. The third-order valence-corrected chi connectivity index (χ3v) is 3.70. The van der Waals surface area contributed by atoms with Crippen molar-refractivity contribution >= 4 is 17.6 Å². The summed E-state index contributed by atoms with van der Waals surface area (Å²) < 4.78 is 13.3. The summed E-state index contributed by atoms with van der Waals surface area (Å²) in [6.45, 7) is 0.00939. The van der Waals surface area contributed by atoms with Gasteiger partial charge >= 0.3 is 6.03 Å². The van der Waals surface area contributed by atoms with Gasteiger partial charge in [-0.2, -0.15) is 0 Å². The van der Waals surface area contributed by atoms with Gasteiger partial charge in [0.15, 0.2) is 0 Å². The van der Waals surface area contributed by atoms with E-state index < -0.39 is 11.9 Å². The fraction of sp³-hybridized carbons (Fsp3) is 0.400. The van der Waals surface area contributed by atoms with Gasteiger partial charge in [0, 0.05) is 12.6 Å². The van der Waals surface area contributed by atoms with E-state index in [0.717, 1.165) is 19.3 Å². The second-order valence-corrected chi connectivity index (χ2v) is 5.43. The number of carbonyl (C=O) groups is 1. The molecule has 2 rings (SSSR count). The molecule has 0 aromatic heterocycles. The Bertz CT molecular complexity index is 536. The molecule has 2 atom stereocenters. The monoisotopic (exact) mass is 312 g/mol. The number of amides is 2. The molecule has 4 nitrogen and oxygen atoms in total. The van der Waals surface area contributed by atoms with E-state index >= 15 is 0 Å². The molecule has 0 bridgehead atoms. The largest absolute Gasteiger partial charge is 0.387 e. The zero-order valence-corrected chi connectivity index (χ0v) is 12.2. The molecule has 1 aromatic rings. The Labute approximate surface area is 128 Å². The standard InChI is InChI=1S/C15H18ClFN2O2/c16-12-7-6-10(8-13(12)17)14(20)9-18-15(21)19-11-4-2-1-3-5-11/h1-2,6-8,11,14,20H,3-5,9H2,(H2,18,19,21). The van der Waals surface area contributed by atoms with Gasteiger partial charge < -0.3 is 15.7 Å². The summed E-state index contributed by atoms with van der Waals surface area (Å²) in [7, 11) is 0. The fourth-order valence-corrected chi connectivity index (χ4v) is 2.31. The lowest BCUT2D eigenvalue weighted by molar-refractivity contribution is 0.172. The topological polar surface area (TPSA) is 61.4 Å². The molecule has 1 aliphatic carbocycles. The molecule has 0 heterocycles. The van der Waals surface area contributed by atoms with Crippen LogP contribution >= 0.6 is 11.6 Å². The second-order valence-electron chi connectivity index (χ2n) is 5.03. The van der Waals surface area contributed by atoms with Crippen molar-refractivity contribution in [1.29, 1.82) is 0 Å². The maximum absolute atomic E-state index is 13.3. The van der Waals surface area contributed by atoms with Crippen LogP contribution in [0.3, 0.4) is 0 Å². The zero-order chi connectivity index (χ0) is 15.2.